The first kappa shape index (κ1) is 20.2. The van der Waals surface area contributed by atoms with E-state index in [1.54, 1.807) is 6.92 Å². The number of carboxylic acid groups (broad SMARTS) is 1. The van der Waals surface area contributed by atoms with E-state index < -0.39 is 28.5 Å². The van der Waals surface area contributed by atoms with Gasteiger partial charge in [0.05, 0.1) is 23.0 Å². The van der Waals surface area contributed by atoms with Gasteiger partial charge in [-0.2, -0.15) is 4.98 Å². The van der Waals surface area contributed by atoms with Gasteiger partial charge >= 0.3 is 11.7 Å². The highest BCUT2D eigenvalue weighted by Gasteiger charge is 2.38. The third kappa shape index (κ3) is 4.46. The van der Waals surface area contributed by atoms with Crippen molar-refractivity contribution in [1.82, 2.24) is 9.97 Å². The average molecular weight is 397 g/mol. The zero-order valence-corrected chi connectivity index (χ0v) is 15.6. The number of rotatable bonds is 6. The molecular weight excluding hydrogens is 373 g/mol. The summed E-state index contributed by atoms with van der Waals surface area (Å²) in [6, 6.07) is -0.653. The quantitative estimate of drug-likeness (QED) is 0.487. The Bertz CT molecular complexity index is 741. The molecule has 3 rings (SSSR count). The molecule has 11 heteroatoms. The Morgan fingerprint density at radius 2 is 2.11 bits per heavy atom. The number of nitro groups is 1. The Kier molecular flexibility index (Phi) is 5.92. The Labute approximate surface area is 161 Å². The van der Waals surface area contributed by atoms with Crippen LogP contribution in [0.4, 0.5) is 21.8 Å². The van der Waals surface area contributed by atoms with Gasteiger partial charge in [0.1, 0.15) is 12.4 Å². The van der Waals surface area contributed by atoms with Crippen LogP contribution in [-0.4, -0.2) is 57.4 Å². The highest BCUT2D eigenvalue weighted by Crippen LogP contribution is 2.37. The lowest BCUT2D eigenvalue weighted by atomic mass is 9.74. The fourth-order valence-electron chi connectivity index (χ4n) is 3.52. The second-order valence-corrected chi connectivity index (χ2v) is 7.60. The summed E-state index contributed by atoms with van der Waals surface area (Å²) in [6.45, 7) is 2.11. The number of carboxylic acids is 1. The number of halogens is 1. The lowest BCUT2D eigenvalue weighted by Gasteiger charge is -2.34. The molecule has 1 saturated carbocycles. The van der Waals surface area contributed by atoms with Gasteiger partial charge in [-0.05, 0) is 39.0 Å². The zero-order valence-electron chi connectivity index (χ0n) is 15.6. The smallest absolute Gasteiger partial charge is 0.329 e. The van der Waals surface area contributed by atoms with Crippen LogP contribution >= 0.6 is 0 Å². The third-order valence-electron chi connectivity index (χ3n) is 5.51. The number of nitrogens with zero attached hydrogens (tertiary/aromatic N) is 3. The van der Waals surface area contributed by atoms with Gasteiger partial charge in [-0.25, -0.2) is 9.37 Å². The minimum absolute atomic E-state index is 0.0137. The minimum atomic E-state index is -1.21. The molecule has 154 valence electrons. The van der Waals surface area contributed by atoms with E-state index in [4.69, 9.17) is 4.74 Å². The summed E-state index contributed by atoms with van der Waals surface area (Å²) >= 11 is 0. The molecule has 0 bridgehead atoms. The Morgan fingerprint density at radius 3 is 2.71 bits per heavy atom. The van der Waals surface area contributed by atoms with E-state index in [0.717, 1.165) is 6.20 Å². The van der Waals surface area contributed by atoms with Crippen molar-refractivity contribution in [2.75, 3.05) is 23.8 Å². The van der Waals surface area contributed by atoms with E-state index in [9.17, 15) is 24.4 Å². The molecule has 2 atom stereocenters. The van der Waals surface area contributed by atoms with Gasteiger partial charge in [-0.1, -0.05) is 0 Å². The summed E-state index contributed by atoms with van der Waals surface area (Å²) in [7, 11) is 0. The number of alkyl halides is 1. The number of aliphatic carboxylic acids is 1. The molecule has 0 spiro atoms. The minimum Gasteiger partial charge on any atom is -0.481 e. The average Bonchev–Trinajstić information content (AvgIpc) is 2.65. The van der Waals surface area contributed by atoms with Crippen molar-refractivity contribution in [2.24, 2.45) is 5.41 Å². The molecule has 28 heavy (non-hydrogen) atoms. The van der Waals surface area contributed by atoms with Gasteiger partial charge < -0.3 is 20.5 Å². The molecule has 1 aliphatic carbocycles. The zero-order chi connectivity index (χ0) is 20.3. The van der Waals surface area contributed by atoms with Crippen LogP contribution in [0.5, 0.6) is 0 Å². The van der Waals surface area contributed by atoms with Crippen molar-refractivity contribution < 1.29 is 24.0 Å². The number of nitrogens with one attached hydrogen (secondary N) is 2. The Balaban J connectivity index is 1.72. The molecule has 1 aliphatic heterocycles. The molecule has 3 N–H and O–H groups in total. The predicted octanol–water partition coefficient (Wildman–Crippen LogP) is 2.37. The van der Waals surface area contributed by atoms with E-state index in [1.807, 2.05) is 0 Å². The van der Waals surface area contributed by atoms with Gasteiger partial charge in [0, 0.05) is 12.6 Å². The number of carbonyl (C=O) groups is 1. The molecule has 10 nitrogen and oxygen atoms in total. The lowest BCUT2D eigenvalue weighted by Crippen LogP contribution is -2.39. The van der Waals surface area contributed by atoms with Crippen LogP contribution in [0, 0.1) is 15.5 Å². The van der Waals surface area contributed by atoms with E-state index >= 15 is 0 Å². The van der Waals surface area contributed by atoms with Gasteiger partial charge in [-0.3, -0.25) is 14.9 Å². The summed E-state index contributed by atoms with van der Waals surface area (Å²) in [6.07, 6.45) is 2.37. The van der Waals surface area contributed by atoms with Crippen LogP contribution in [0.15, 0.2) is 6.20 Å². The van der Waals surface area contributed by atoms with Crippen LogP contribution < -0.4 is 10.6 Å². The van der Waals surface area contributed by atoms with Crippen molar-refractivity contribution >= 4 is 23.4 Å². The lowest BCUT2D eigenvalue weighted by molar-refractivity contribution is -0.384. The van der Waals surface area contributed by atoms with Crippen molar-refractivity contribution in [2.45, 2.75) is 57.3 Å². The Hall–Kier alpha value is -2.56. The maximum Gasteiger partial charge on any atom is 0.329 e. The summed E-state index contributed by atoms with van der Waals surface area (Å²) in [5.74, 6) is -0.676. The third-order valence-corrected chi connectivity index (χ3v) is 5.51. The molecular formula is C17H24FN5O5. The number of anilines is 2. The van der Waals surface area contributed by atoms with E-state index in [0.29, 0.717) is 38.7 Å². The molecule has 0 radical (unpaired) electrons. The molecule has 2 fully saturated rings. The largest absolute Gasteiger partial charge is 0.481 e. The number of ether oxygens (including phenoxy) is 1. The molecule has 1 saturated heterocycles. The van der Waals surface area contributed by atoms with Gasteiger partial charge in [-0.15, -0.1) is 0 Å². The van der Waals surface area contributed by atoms with Crippen molar-refractivity contribution in [3.63, 3.8) is 0 Å². The van der Waals surface area contributed by atoms with E-state index in [1.165, 1.54) is 0 Å². The van der Waals surface area contributed by atoms with E-state index in [2.05, 4.69) is 20.6 Å². The van der Waals surface area contributed by atoms with Crippen LogP contribution in [0.3, 0.4) is 0 Å². The SMILES string of the molecule is CC1(C(=O)O)CCC(Nc2nc(N[C@H]3CCOC[C@H]3F)ncc2[N+](=O)[O-])CC1. The summed E-state index contributed by atoms with van der Waals surface area (Å²) in [4.78, 5) is 30.2. The molecule has 0 amide bonds. The van der Waals surface area contributed by atoms with Crippen LogP contribution in [0.25, 0.3) is 0 Å². The normalized spacial score (nSPS) is 30.4. The molecule has 1 aromatic rings. The second-order valence-electron chi connectivity index (χ2n) is 7.60. The first-order valence-corrected chi connectivity index (χ1v) is 9.28. The first-order valence-electron chi connectivity index (χ1n) is 9.28. The van der Waals surface area contributed by atoms with Crippen molar-refractivity contribution in [3.05, 3.63) is 16.3 Å². The van der Waals surface area contributed by atoms with Gasteiger partial charge in [0.15, 0.2) is 0 Å². The highest BCUT2D eigenvalue weighted by molar-refractivity contribution is 5.74. The maximum absolute atomic E-state index is 13.9. The summed E-state index contributed by atoms with van der Waals surface area (Å²) in [5, 5.41) is 26.6. The van der Waals surface area contributed by atoms with Gasteiger partial charge in [0.25, 0.3) is 0 Å². The fourth-order valence-corrected chi connectivity index (χ4v) is 3.52. The van der Waals surface area contributed by atoms with Crippen LogP contribution in [0.2, 0.25) is 0 Å². The predicted molar refractivity (Wildman–Crippen MR) is 98.1 cm³/mol. The number of hydrogen-bond acceptors (Lipinski definition) is 8. The molecule has 0 unspecified atom stereocenters. The topological polar surface area (TPSA) is 140 Å². The van der Waals surface area contributed by atoms with Crippen LogP contribution in [0.1, 0.15) is 39.0 Å². The molecule has 2 heterocycles. The number of aromatic nitrogens is 2. The second kappa shape index (κ2) is 8.21. The summed E-state index contributed by atoms with van der Waals surface area (Å²) in [5.41, 5.74) is -1.05. The maximum atomic E-state index is 13.9. The standard InChI is InChI=1S/C17H24FN5O5/c1-17(15(24)25)5-2-10(3-6-17)20-14-13(23(26)27)8-19-16(22-14)21-12-4-7-28-9-11(12)18/h8,10-12H,2-7,9H2,1H3,(H,24,25)(H2,19,20,21,22)/t10?,11-,12+,17?/m1/s1. The summed E-state index contributed by atoms with van der Waals surface area (Å²) < 4.78 is 19.0. The highest BCUT2D eigenvalue weighted by atomic mass is 19.1. The Morgan fingerprint density at radius 1 is 1.39 bits per heavy atom. The monoisotopic (exact) mass is 397 g/mol. The van der Waals surface area contributed by atoms with Crippen molar-refractivity contribution in [1.29, 1.82) is 0 Å². The number of hydrogen-bond donors (Lipinski definition) is 3. The molecule has 1 aromatic heterocycles. The van der Waals surface area contributed by atoms with Crippen molar-refractivity contribution in [3.8, 4) is 0 Å². The first-order chi connectivity index (χ1) is 13.3. The van der Waals surface area contributed by atoms with Crippen LogP contribution in [-0.2, 0) is 9.53 Å². The molecule has 2 aliphatic rings. The fraction of sp³-hybridized carbons (Fsp3) is 0.706. The molecule has 0 aromatic carbocycles. The van der Waals surface area contributed by atoms with Gasteiger partial charge in [0.2, 0.25) is 11.8 Å². The van der Waals surface area contributed by atoms with E-state index in [-0.39, 0.29) is 30.1 Å².